The average molecular weight is 207 g/mol. The molecule has 2 aliphatic heterocycles. The molecule has 0 aromatic rings. The van der Waals surface area contributed by atoms with E-state index in [1.807, 2.05) is 0 Å². The molecule has 0 spiro atoms. The van der Waals surface area contributed by atoms with Gasteiger partial charge in [-0.1, -0.05) is 0 Å². The van der Waals surface area contributed by atoms with Crippen LogP contribution in [0.3, 0.4) is 0 Å². The number of hydrogen-bond acceptors (Lipinski definition) is 3. The van der Waals surface area contributed by atoms with Gasteiger partial charge in [-0.3, -0.25) is 4.79 Å². The number of amides is 1. The Labute approximate surface area is 90.2 Å². The van der Waals surface area contributed by atoms with E-state index >= 15 is 0 Å². The molecule has 0 aliphatic carbocycles. The van der Waals surface area contributed by atoms with Crippen molar-refractivity contribution in [3.8, 4) is 6.07 Å². The predicted octanol–water partition coefficient (Wildman–Crippen LogP) is 0.501. The lowest BCUT2D eigenvalue weighted by Gasteiger charge is -2.41. The van der Waals surface area contributed by atoms with Crippen molar-refractivity contribution >= 4 is 5.91 Å². The third kappa shape index (κ3) is 2.48. The van der Waals surface area contributed by atoms with Gasteiger partial charge in [-0.2, -0.15) is 5.26 Å². The van der Waals surface area contributed by atoms with Gasteiger partial charge in [-0.25, -0.2) is 0 Å². The van der Waals surface area contributed by atoms with Crippen molar-refractivity contribution in [1.29, 1.82) is 5.26 Å². The first kappa shape index (κ1) is 10.4. The Bertz CT molecular complexity index is 284. The van der Waals surface area contributed by atoms with E-state index in [1.54, 1.807) is 0 Å². The van der Waals surface area contributed by atoms with Crippen molar-refractivity contribution in [2.45, 2.75) is 31.7 Å². The predicted molar refractivity (Wildman–Crippen MR) is 55.9 cm³/mol. The molecule has 15 heavy (non-hydrogen) atoms. The number of rotatable bonds is 2. The number of likely N-dealkylation sites (tertiary alicyclic amines) is 1. The van der Waals surface area contributed by atoms with Gasteiger partial charge >= 0.3 is 0 Å². The molecule has 0 radical (unpaired) electrons. The summed E-state index contributed by atoms with van der Waals surface area (Å²) in [5, 5.41) is 11.6. The quantitative estimate of drug-likeness (QED) is 0.717. The minimum Gasteiger partial charge on any atom is -0.353 e. The Kier molecular flexibility index (Phi) is 3.22. The summed E-state index contributed by atoms with van der Waals surface area (Å²) in [6, 6.07) is 2.58. The van der Waals surface area contributed by atoms with Gasteiger partial charge in [-0.15, -0.1) is 0 Å². The van der Waals surface area contributed by atoms with E-state index in [0.29, 0.717) is 24.8 Å². The van der Waals surface area contributed by atoms with Crippen molar-refractivity contribution in [2.24, 2.45) is 5.92 Å². The second-order valence-corrected chi connectivity index (χ2v) is 4.47. The van der Waals surface area contributed by atoms with Gasteiger partial charge in [0.25, 0.3) is 0 Å². The number of nitriles is 1. The first-order chi connectivity index (χ1) is 7.29. The largest absolute Gasteiger partial charge is 0.353 e. The molecule has 82 valence electrons. The summed E-state index contributed by atoms with van der Waals surface area (Å²) in [6.45, 7) is 2.95. The van der Waals surface area contributed by atoms with E-state index in [2.05, 4.69) is 16.3 Å². The van der Waals surface area contributed by atoms with Gasteiger partial charge in [0.15, 0.2) is 0 Å². The minimum atomic E-state index is 0.210. The molecular formula is C11H17N3O. The third-order valence-corrected chi connectivity index (χ3v) is 3.45. The molecule has 1 amide bonds. The summed E-state index contributed by atoms with van der Waals surface area (Å²) < 4.78 is 0. The van der Waals surface area contributed by atoms with Gasteiger partial charge in [-0.05, 0) is 18.8 Å². The maximum Gasteiger partial charge on any atom is 0.220 e. The Morgan fingerprint density at radius 2 is 2.40 bits per heavy atom. The molecule has 2 unspecified atom stereocenters. The Morgan fingerprint density at radius 3 is 3.20 bits per heavy atom. The lowest BCUT2D eigenvalue weighted by molar-refractivity contribution is -0.125. The summed E-state index contributed by atoms with van der Waals surface area (Å²) in [5.41, 5.74) is 0. The highest BCUT2D eigenvalue weighted by Gasteiger charge is 2.33. The molecule has 4 nitrogen and oxygen atoms in total. The molecule has 0 aromatic carbocycles. The minimum absolute atomic E-state index is 0.210. The van der Waals surface area contributed by atoms with Crippen molar-refractivity contribution in [3.63, 3.8) is 0 Å². The Morgan fingerprint density at radius 1 is 1.53 bits per heavy atom. The molecule has 2 saturated heterocycles. The van der Waals surface area contributed by atoms with Crippen LogP contribution in [0.1, 0.15) is 25.7 Å². The summed E-state index contributed by atoms with van der Waals surface area (Å²) in [5.74, 6) is 0.817. The van der Waals surface area contributed by atoms with E-state index in [0.717, 1.165) is 32.5 Å². The lowest BCUT2D eigenvalue weighted by atomic mass is 9.85. The van der Waals surface area contributed by atoms with E-state index in [9.17, 15) is 4.79 Å². The van der Waals surface area contributed by atoms with Gasteiger partial charge in [0.05, 0.1) is 6.07 Å². The zero-order valence-electron chi connectivity index (χ0n) is 8.91. The van der Waals surface area contributed by atoms with Gasteiger partial charge in [0.1, 0.15) is 0 Å². The molecular weight excluding hydrogens is 190 g/mol. The number of nitrogens with zero attached hydrogens (tertiary/aromatic N) is 2. The maximum atomic E-state index is 11.2. The molecule has 0 aromatic heterocycles. The maximum absolute atomic E-state index is 11.2. The smallest absolute Gasteiger partial charge is 0.220 e. The van der Waals surface area contributed by atoms with Gasteiger partial charge in [0, 0.05) is 38.5 Å². The topological polar surface area (TPSA) is 56.1 Å². The second-order valence-electron chi connectivity index (χ2n) is 4.47. The van der Waals surface area contributed by atoms with Crippen LogP contribution in [0.15, 0.2) is 0 Å². The van der Waals surface area contributed by atoms with Crippen molar-refractivity contribution in [3.05, 3.63) is 0 Å². The van der Waals surface area contributed by atoms with Gasteiger partial charge in [0.2, 0.25) is 5.91 Å². The fourth-order valence-electron chi connectivity index (χ4n) is 2.60. The van der Waals surface area contributed by atoms with Crippen LogP contribution in [0.4, 0.5) is 0 Å². The normalized spacial score (nSPS) is 31.5. The van der Waals surface area contributed by atoms with Crippen LogP contribution >= 0.6 is 0 Å². The Hall–Kier alpha value is -1.08. The zero-order valence-corrected chi connectivity index (χ0v) is 8.91. The monoisotopic (exact) mass is 207 g/mol. The van der Waals surface area contributed by atoms with Crippen molar-refractivity contribution < 1.29 is 4.79 Å². The molecule has 4 heteroatoms. The molecule has 2 rings (SSSR count). The molecule has 0 saturated carbocycles. The van der Waals surface area contributed by atoms with Gasteiger partial charge < -0.3 is 10.2 Å². The second kappa shape index (κ2) is 4.63. The average Bonchev–Trinajstić information content (AvgIpc) is 2.26. The fraction of sp³-hybridized carbons (Fsp3) is 0.818. The van der Waals surface area contributed by atoms with E-state index in [4.69, 9.17) is 5.26 Å². The van der Waals surface area contributed by atoms with Crippen LogP contribution < -0.4 is 5.32 Å². The zero-order chi connectivity index (χ0) is 10.7. The van der Waals surface area contributed by atoms with Crippen molar-refractivity contribution in [1.82, 2.24) is 10.2 Å². The van der Waals surface area contributed by atoms with Crippen LogP contribution in [0.25, 0.3) is 0 Å². The number of carbonyl (C=O) groups excluding carboxylic acids is 1. The van der Waals surface area contributed by atoms with Crippen molar-refractivity contribution in [2.75, 3.05) is 19.6 Å². The summed E-state index contributed by atoms with van der Waals surface area (Å²) in [4.78, 5) is 13.6. The highest BCUT2D eigenvalue weighted by molar-refractivity contribution is 5.77. The molecule has 2 fully saturated rings. The van der Waals surface area contributed by atoms with E-state index in [-0.39, 0.29) is 5.91 Å². The summed E-state index contributed by atoms with van der Waals surface area (Å²) in [7, 11) is 0. The SMILES string of the molecule is N#CCCN1CCC2NC(=O)CCC2C1. The number of nitrogens with one attached hydrogen (secondary N) is 1. The lowest BCUT2D eigenvalue weighted by Crippen LogP contribution is -2.54. The molecule has 1 N–H and O–H groups in total. The summed E-state index contributed by atoms with van der Waals surface area (Å²) >= 11 is 0. The van der Waals surface area contributed by atoms with Crippen LogP contribution in [0, 0.1) is 17.2 Å². The van der Waals surface area contributed by atoms with Crippen LogP contribution in [0.2, 0.25) is 0 Å². The number of piperidine rings is 2. The Balaban J connectivity index is 1.84. The highest BCUT2D eigenvalue weighted by atomic mass is 16.1. The highest BCUT2D eigenvalue weighted by Crippen LogP contribution is 2.25. The molecule has 0 bridgehead atoms. The van der Waals surface area contributed by atoms with Crippen LogP contribution in [-0.2, 0) is 4.79 Å². The van der Waals surface area contributed by atoms with E-state index < -0.39 is 0 Å². The number of carbonyl (C=O) groups is 1. The first-order valence-electron chi connectivity index (χ1n) is 5.68. The fourth-order valence-corrected chi connectivity index (χ4v) is 2.60. The van der Waals surface area contributed by atoms with Crippen LogP contribution in [0.5, 0.6) is 0 Å². The van der Waals surface area contributed by atoms with E-state index in [1.165, 1.54) is 0 Å². The number of fused-ring (bicyclic) bond motifs is 1. The molecule has 2 atom stereocenters. The molecule has 2 heterocycles. The standard InChI is InChI=1S/C11H17N3O/c12-5-1-6-14-7-4-10-9(8-14)2-3-11(15)13-10/h9-10H,1-4,6-8H2,(H,13,15). The first-order valence-corrected chi connectivity index (χ1v) is 5.68. The third-order valence-electron chi connectivity index (χ3n) is 3.45. The molecule has 2 aliphatic rings. The van der Waals surface area contributed by atoms with Crippen LogP contribution in [-0.4, -0.2) is 36.5 Å². The number of hydrogen-bond donors (Lipinski definition) is 1. The summed E-state index contributed by atoms with van der Waals surface area (Å²) in [6.07, 6.45) is 3.35.